The van der Waals surface area contributed by atoms with Crippen molar-refractivity contribution in [2.75, 3.05) is 0 Å². The lowest BCUT2D eigenvalue weighted by atomic mass is 10.3. The Balaban J connectivity index is 1.63. The van der Waals surface area contributed by atoms with E-state index in [1.807, 2.05) is 17.5 Å². The van der Waals surface area contributed by atoms with E-state index in [2.05, 4.69) is 10.1 Å². The molecule has 0 fully saturated rings. The van der Waals surface area contributed by atoms with Crippen molar-refractivity contribution in [1.82, 2.24) is 10.1 Å². The molecule has 0 aliphatic rings. The highest BCUT2D eigenvalue weighted by Crippen LogP contribution is 2.25. The molecule has 0 saturated heterocycles. The number of aromatic amines is 1. The Morgan fingerprint density at radius 2 is 2.37 bits per heavy atom. The lowest BCUT2D eigenvalue weighted by molar-refractivity contribution is 0.0458. The third-order valence-corrected chi connectivity index (χ3v) is 3.38. The predicted octanol–water partition coefficient (Wildman–Crippen LogP) is 3.09. The fourth-order valence-corrected chi connectivity index (χ4v) is 2.26. The molecule has 0 amide bonds. The van der Waals surface area contributed by atoms with E-state index in [9.17, 15) is 4.79 Å². The van der Waals surface area contributed by atoms with Crippen molar-refractivity contribution in [2.24, 2.45) is 0 Å². The molecule has 3 aromatic rings. The molecule has 96 valence electrons. The summed E-state index contributed by atoms with van der Waals surface area (Å²) in [6.45, 7) is 0.0900. The van der Waals surface area contributed by atoms with Crippen molar-refractivity contribution < 1.29 is 14.1 Å². The second-order valence-corrected chi connectivity index (χ2v) is 4.77. The number of hydrogen-bond acceptors (Lipinski definition) is 5. The highest BCUT2D eigenvalue weighted by atomic mass is 32.1. The van der Waals surface area contributed by atoms with Crippen LogP contribution in [0.5, 0.6) is 0 Å². The zero-order valence-corrected chi connectivity index (χ0v) is 10.6. The maximum atomic E-state index is 11.6. The van der Waals surface area contributed by atoms with E-state index in [0.29, 0.717) is 17.1 Å². The van der Waals surface area contributed by atoms with E-state index >= 15 is 0 Å². The maximum Gasteiger partial charge on any atom is 0.355 e. The van der Waals surface area contributed by atoms with E-state index in [4.69, 9.17) is 9.26 Å². The molecule has 0 unspecified atom stereocenters. The van der Waals surface area contributed by atoms with Crippen LogP contribution in [-0.2, 0) is 11.3 Å². The molecule has 3 heterocycles. The Morgan fingerprint density at radius 3 is 3.11 bits per heavy atom. The summed E-state index contributed by atoms with van der Waals surface area (Å²) in [6, 6.07) is 9.05. The summed E-state index contributed by atoms with van der Waals surface area (Å²) >= 11 is 1.57. The third-order valence-electron chi connectivity index (χ3n) is 2.49. The minimum absolute atomic E-state index is 0.0900. The van der Waals surface area contributed by atoms with Gasteiger partial charge in [0.2, 0.25) is 0 Å². The fourth-order valence-electron chi connectivity index (χ4n) is 1.59. The molecule has 0 spiro atoms. The average Bonchev–Trinajstić information content (AvgIpc) is 3.14. The fraction of sp³-hybridized carbons (Fsp3) is 0.0769. The first kappa shape index (κ1) is 11.7. The van der Waals surface area contributed by atoms with Crippen LogP contribution in [0.1, 0.15) is 16.2 Å². The smallest absolute Gasteiger partial charge is 0.355 e. The Kier molecular flexibility index (Phi) is 3.16. The molecule has 0 aliphatic carbocycles. The Bertz CT molecular complexity index is 656. The van der Waals surface area contributed by atoms with Gasteiger partial charge in [0.1, 0.15) is 18.0 Å². The molecule has 0 aliphatic heterocycles. The SMILES string of the molecule is O=C(OCc1cc(-c2cccs2)on1)c1ccc[nH]1. The molecular formula is C13H10N2O3S. The number of nitrogens with zero attached hydrogens (tertiary/aromatic N) is 1. The van der Waals surface area contributed by atoms with Crippen LogP contribution in [0.4, 0.5) is 0 Å². The van der Waals surface area contributed by atoms with Gasteiger partial charge in [-0.1, -0.05) is 11.2 Å². The molecule has 6 heteroatoms. The Hall–Kier alpha value is -2.34. The lowest BCUT2D eigenvalue weighted by Gasteiger charge is -1.99. The van der Waals surface area contributed by atoms with Gasteiger partial charge in [0.05, 0.1) is 4.88 Å². The summed E-state index contributed by atoms with van der Waals surface area (Å²) in [6.07, 6.45) is 1.67. The molecule has 0 radical (unpaired) electrons. The molecule has 0 aromatic carbocycles. The number of carbonyl (C=O) groups is 1. The first-order valence-electron chi connectivity index (χ1n) is 5.63. The van der Waals surface area contributed by atoms with E-state index < -0.39 is 5.97 Å². The lowest BCUT2D eigenvalue weighted by Crippen LogP contribution is -2.05. The highest BCUT2D eigenvalue weighted by Gasteiger charge is 2.11. The van der Waals surface area contributed by atoms with Crippen molar-refractivity contribution in [2.45, 2.75) is 6.61 Å². The van der Waals surface area contributed by atoms with Gasteiger partial charge in [-0.15, -0.1) is 11.3 Å². The predicted molar refractivity (Wildman–Crippen MR) is 69.7 cm³/mol. The first-order chi connectivity index (χ1) is 9.33. The molecule has 3 aromatic heterocycles. The molecule has 0 bridgehead atoms. The zero-order valence-electron chi connectivity index (χ0n) is 9.83. The first-order valence-corrected chi connectivity index (χ1v) is 6.51. The maximum absolute atomic E-state index is 11.6. The average molecular weight is 274 g/mol. The number of H-pyrrole nitrogens is 1. The summed E-state index contributed by atoms with van der Waals surface area (Å²) in [5, 5.41) is 5.83. The number of aromatic nitrogens is 2. The van der Waals surface area contributed by atoms with E-state index in [-0.39, 0.29) is 6.61 Å². The van der Waals surface area contributed by atoms with Gasteiger partial charge in [-0.2, -0.15) is 0 Å². The normalized spacial score (nSPS) is 10.5. The number of carbonyl (C=O) groups excluding carboxylic acids is 1. The number of hydrogen-bond donors (Lipinski definition) is 1. The van der Waals surface area contributed by atoms with E-state index in [1.54, 1.807) is 35.7 Å². The van der Waals surface area contributed by atoms with Crippen LogP contribution in [0.25, 0.3) is 10.6 Å². The number of esters is 1. The molecular weight excluding hydrogens is 264 g/mol. The van der Waals surface area contributed by atoms with Crippen molar-refractivity contribution in [3.63, 3.8) is 0 Å². The van der Waals surface area contributed by atoms with Crippen LogP contribution in [0, 0.1) is 0 Å². The van der Waals surface area contributed by atoms with Crippen molar-refractivity contribution in [3.8, 4) is 10.6 Å². The van der Waals surface area contributed by atoms with Crippen molar-refractivity contribution >= 4 is 17.3 Å². The van der Waals surface area contributed by atoms with Crippen LogP contribution in [0.15, 0.2) is 46.4 Å². The molecule has 3 rings (SSSR count). The summed E-state index contributed by atoms with van der Waals surface area (Å²) in [7, 11) is 0. The van der Waals surface area contributed by atoms with Gasteiger partial charge in [0, 0.05) is 12.3 Å². The monoisotopic (exact) mass is 274 g/mol. The van der Waals surface area contributed by atoms with Gasteiger partial charge in [0.25, 0.3) is 0 Å². The van der Waals surface area contributed by atoms with Crippen LogP contribution in [0.3, 0.4) is 0 Å². The highest BCUT2D eigenvalue weighted by molar-refractivity contribution is 7.13. The molecule has 0 atom stereocenters. The minimum Gasteiger partial charge on any atom is -0.454 e. The summed E-state index contributed by atoms with van der Waals surface area (Å²) in [5.74, 6) is 0.270. The van der Waals surface area contributed by atoms with Crippen molar-refractivity contribution in [3.05, 3.63) is 53.3 Å². The van der Waals surface area contributed by atoms with Gasteiger partial charge in [-0.05, 0) is 23.6 Å². The van der Waals surface area contributed by atoms with Gasteiger partial charge in [-0.25, -0.2) is 4.79 Å². The van der Waals surface area contributed by atoms with Crippen LogP contribution >= 0.6 is 11.3 Å². The second-order valence-electron chi connectivity index (χ2n) is 3.82. The van der Waals surface area contributed by atoms with Gasteiger partial charge in [0.15, 0.2) is 5.76 Å². The van der Waals surface area contributed by atoms with E-state index in [1.165, 1.54) is 0 Å². The third kappa shape index (κ3) is 2.58. The van der Waals surface area contributed by atoms with Crippen molar-refractivity contribution in [1.29, 1.82) is 0 Å². The standard InChI is InChI=1S/C13H10N2O3S/c16-13(10-3-1-5-14-10)17-8-9-7-11(18-15-9)12-4-2-6-19-12/h1-7,14H,8H2. The van der Waals surface area contributed by atoms with Crippen LogP contribution < -0.4 is 0 Å². The zero-order chi connectivity index (χ0) is 13.1. The molecule has 0 saturated carbocycles. The summed E-state index contributed by atoms with van der Waals surface area (Å²) in [5.41, 5.74) is 1.00. The Morgan fingerprint density at radius 1 is 1.42 bits per heavy atom. The quantitative estimate of drug-likeness (QED) is 0.742. The van der Waals surface area contributed by atoms with E-state index in [0.717, 1.165) is 4.88 Å². The summed E-state index contributed by atoms with van der Waals surface area (Å²) in [4.78, 5) is 15.4. The van der Waals surface area contributed by atoms with Gasteiger partial charge in [-0.3, -0.25) is 0 Å². The van der Waals surface area contributed by atoms with Crippen LogP contribution in [-0.4, -0.2) is 16.1 Å². The van der Waals surface area contributed by atoms with Crippen LogP contribution in [0.2, 0.25) is 0 Å². The molecule has 1 N–H and O–H groups in total. The molecule has 19 heavy (non-hydrogen) atoms. The number of ether oxygens (including phenoxy) is 1. The van der Waals surface area contributed by atoms with Gasteiger partial charge < -0.3 is 14.2 Å². The largest absolute Gasteiger partial charge is 0.454 e. The number of rotatable bonds is 4. The minimum atomic E-state index is -0.411. The summed E-state index contributed by atoms with van der Waals surface area (Å²) < 4.78 is 10.3. The molecule has 5 nitrogen and oxygen atoms in total. The number of thiophene rings is 1. The Labute approximate surface area is 112 Å². The second kappa shape index (κ2) is 5.11. The number of nitrogens with one attached hydrogen (secondary N) is 1. The van der Waals surface area contributed by atoms with Gasteiger partial charge >= 0.3 is 5.97 Å². The topological polar surface area (TPSA) is 68.1 Å².